The molecule has 0 heterocycles. The molecule has 0 radical (unpaired) electrons. The highest BCUT2D eigenvalue weighted by molar-refractivity contribution is 5.35. The summed E-state index contributed by atoms with van der Waals surface area (Å²) in [5.74, 6) is 1.41. The molecule has 1 heteroatoms. The Morgan fingerprint density at radius 1 is 0.842 bits per heavy atom. The summed E-state index contributed by atoms with van der Waals surface area (Å²) in [5, 5.41) is 0. The number of hydrogen-bond acceptors (Lipinski definition) is 1. The first-order chi connectivity index (χ1) is 9.20. The quantitative estimate of drug-likeness (QED) is 0.728. The first kappa shape index (κ1) is 13.7. The third-order valence-electron chi connectivity index (χ3n) is 3.26. The SMILES string of the molecule is CCC(c1ccccc1)c1ccc(OC(C)C)cc1. The fourth-order valence-corrected chi connectivity index (χ4v) is 2.40. The van der Waals surface area contributed by atoms with Crippen LogP contribution in [0.3, 0.4) is 0 Å². The van der Waals surface area contributed by atoms with E-state index < -0.39 is 0 Å². The van der Waals surface area contributed by atoms with E-state index in [1.54, 1.807) is 0 Å². The Hall–Kier alpha value is -1.76. The summed E-state index contributed by atoms with van der Waals surface area (Å²) >= 11 is 0. The molecule has 100 valence electrons. The Morgan fingerprint density at radius 2 is 1.42 bits per heavy atom. The van der Waals surface area contributed by atoms with Crippen molar-refractivity contribution < 1.29 is 4.74 Å². The predicted molar refractivity (Wildman–Crippen MR) is 80.8 cm³/mol. The smallest absolute Gasteiger partial charge is 0.119 e. The van der Waals surface area contributed by atoms with E-state index in [1.165, 1.54) is 11.1 Å². The molecule has 0 fully saturated rings. The molecule has 0 bridgehead atoms. The van der Waals surface area contributed by atoms with Gasteiger partial charge in [-0.25, -0.2) is 0 Å². The highest BCUT2D eigenvalue weighted by atomic mass is 16.5. The maximum absolute atomic E-state index is 5.69. The van der Waals surface area contributed by atoms with Gasteiger partial charge in [-0.05, 0) is 43.5 Å². The summed E-state index contributed by atoms with van der Waals surface area (Å²) in [6, 6.07) is 19.2. The van der Waals surface area contributed by atoms with Gasteiger partial charge in [0.15, 0.2) is 0 Å². The standard InChI is InChI=1S/C18H22O/c1-4-18(15-8-6-5-7-9-15)16-10-12-17(13-11-16)19-14(2)3/h5-14,18H,4H2,1-3H3. The fraction of sp³-hybridized carbons (Fsp3) is 0.333. The van der Waals surface area contributed by atoms with Crippen molar-refractivity contribution in [2.24, 2.45) is 0 Å². The molecular weight excluding hydrogens is 232 g/mol. The van der Waals surface area contributed by atoms with E-state index in [9.17, 15) is 0 Å². The van der Waals surface area contributed by atoms with Gasteiger partial charge < -0.3 is 4.74 Å². The Labute approximate surface area is 116 Å². The van der Waals surface area contributed by atoms with Gasteiger partial charge >= 0.3 is 0 Å². The van der Waals surface area contributed by atoms with Crippen molar-refractivity contribution in [2.45, 2.75) is 39.2 Å². The van der Waals surface area contributed by atoms with Gasteiger partial charge in [-0.3, -0.25) is 0 Å². The molecule has 0 aromatic heterocycles. The predicted octanol–water partition coefficient (Wildman–Crippen LogP) is 5.02. The minimum atomic E-state index is 0.224. The Morgan fingerprint density at radius 3 is 1.95 bits per heavy atom. The molecule has 1 atom stereocenters. The zero-order chi connectivity index (χ0) is 13.7. The highest BCUT2D eigenvalue weighted by Gasteiger charge is 2.11. The van der Waals surface area contributed by atoms with Crippen LogP contribution in [-0.4, -0.2) is 6.10 Å². The summed E-state index contributed by atoms with van der Waals surface area (Å²) in [5.41, 5.74) is 2.73. The van der Waals surface area contributed by atoms with Crippen molar-refractivity contribution in [1.82, 2.24) is 0 Å². The van der Waals surface area contributed by atoms with Crippen LogP contribution in [0.4, 0.5) is 0 Å². The first-order valence-electron chi connectivity index (χ1n) is 7.02. The molecule has 1 unspecified atom stereocenters. The Balaban J connectivity index is 2.20. The average Bonchev–Trinajstić information content (AvgIpc) is 2.42. The fourth-order valence-electron chi connectivity index (χ4n) is 2.40. The van der Waals surface area contributed by atoms with E-state index in [-0.39, 0.29) is 6.10 Å². The maximum atomic E-state index is 5.69. The number of hydrogen-bond donors (Lipinski definition) is 0. The van der Waals surface area contributed by atoms with E-state index in [4.69, 9.17) is 4.74 Å². The summed E-state index contributed by atoms with van der Waals surface area (Å²) in [7, 11) is 0. The van der Waals surface area contributed by atoms with Crippen LogP contribution in [0.15, 0.2) is 54.6 Å². The lowest BCUT2D eigenvalue weighted by molar-refractivity contribution is 0.242. The van der Waals surface area contributed by atoms with E-state index in [0.717, 1.165) is 12.2 Å². The van der Waals surface area contributed by atoms with Crippen LogP contribution in [0.5, 0.6) is 5.75 Å². The third kappa shape index (κ3) is 3.60. The monoisotopic (exact) mass is 254 g/mol. The normalized spacial score (nSPS) is 12.4. The van der Waals surface area contributed by atoms with Crippen molar-refractivity contribution in [3.63, 3.8) is 0 Å². The first-order valence-corrected chi connectivity index (χ1v) is 7.02. The molecule has 0 aliphatic heterocycles. The lowest BCUT2D eigenvalue weighted by Crippen LogP contribution is -2.06. The van der Waals surface area contributed by atoms with Gasteiger partial charge in [0.25, 0.3) is 0 Å². The largest absolute Gasteiger partial charge is 0.491 e. The van der Waals surface area contributed by atoms with Gasteiger partial charge in [0.1, 0.15) is 5.75 Å². The molecule has 2 aromatic rings. The van der Waals surface area contributed by atoms with Gasteiger partial charge in [-0.15, -0.1) is 0 Å². The van der Waals surface area contributed by atoms with Crippen LogP contribution < -0.4 is 4.74 Å². The highest BCUT2D eigenvalue weighted by Crippen LogP contribution is 2.29. The van der Waals surface area contributed by atoms with E-state index >= 15 is 0 Å². The second kappa shape index (κ2) is 6.42. The molecule has 0 amide bonds. The van der Waals surface area contributed by atoms with Crippen LogP contribution in [-0.2, 0) is 0 Å². The minimum absolute atomic E-state index is 0.224. The van der Waals surface area contributed by atoms with Crippen molar-refractivity contribution >= 4 is 0 Å². The second-order valence-corrected chi connectivity index (χ2v) is 5.11. The van der Waals surface area contributed by atoms with Crippen LogP contribution in [0.25, 0.3) is 0 Å². The van der Waals surface area contributed by atoms with Crippen molar-refractivity contribution in [3.05, 3.63) is 65.7 Å². The summed E-state index contributed by atoms with van der Waals surface area (Å²) < 4.78 is 5.69. The minimum Gasteiger partial charge on any atom is -0.491 e. The number of rotatable bonds is 5. The van der Waals surface area contributed by atoms with Gasteiger partial charge in [0.05, 0.1) is 6.10 Å². The molecule has 2 aromatic carbocycles. The van der Waals surface area contributed by atoms with Crippen LogP contribution >= 0.6 is 0 Å². The molecule has 0 saturated carbocycles. The molecule has 0 N–H and O–H groups in total. The molecule has 2 rings (SSSR count). The van der Waals surface area contributed by atoms with E-state index in [0.29, 0.717) is 5.92 Å². The third-order valence-corrected chi connectivity index (χ3v) is 3.26. The maximum Gasteiger partial charge on any atom is 0.119 e. The zero-order valence-electron chi connectivity index (χ0n) is 12.0. The molecule has 0 aliphatic carbocycles. The Bertz CT molecular complexity index is 485. The van der Waals surface area contributed by atoms with Crippen LogP contribution in [0, 0.1) is 0 Å². The molecular formula is C18H22O. The lowest BCUT2D eigenvalue weighted by Gasteiger charge is -2.17. The topological polar surface area (TPSA) is 9.23 Å². The molecule has 19 heavy (non-hydrogen) atoms. The van der Waals surface area contributed by atoms with Crippen molar-refractivity contribution in [2.75, 3.05) is 0 Å². The number of benzene rings is 2. The van der Waals surface area contributed by atoms with Gasteiger partial charge in [-0.2, -0.15) is 0 Å². The molecule has 0 spiro atoms. The second-order valence-electron chi connectivity index (χ2n) is 5.11. The van der Waals surface area contributed by atoms with Crippen LogP contribution in [0.2, 0.25) is 0 Å². The Kier molecular flexibility index (Phi) is 4.62. The average molecular weight is 254 g/mol. The van der Waals surface area contributed by atoms with Crippen molar-refractivity contribution in [1.29, 1.82) is 0 Å². The van der Waals surface area contributed by atoms with E-state index in [1.807, 2.05) is 13.8 Å². The summed E-state index contributed by atoms with van der Waals surface area (Å²) in [6.45, 7) is 6.33. The summed E-state index contributed by atoms with van der Waals surface area (Å²) in [4.78, 5) is 0. The number of ether oxygens (including phenoxy) is 1. The molecule has 1 nitrogen and oxygen atoms in total. The van der Waals surface area contributed by atoms with E-state index in [2.05, 4.69) is 61.5 Å². The van der Waals surface area contributed by atoms with Gasteiger partial charge in [0.2, 0.25) is 0 Å². The van der Waals surface area contributed by atoms with Gasteiger partial charge in [0, 0.05) is 5.92 Å². The van der Waals surface area contributed by atoms with Crippen LogP contribution in [0.1, 0.15) is 44.2 Å². The van der Waals surface area contributed by atoms with Gasteiger partial charge in [-0.1, -0.05) is 49.4 Å². The summed E-state index contributed by atoms with van der Waals surface area (Å²) in [6.07, 6.45) is 1.33. The molecule has 0 saturated heterocycles. The van der Waals surface area contributed by atoms with Crippen molar-refractivity contribution in [3.8, 4) is 5.75 Å². The zero-order valence-corrected chi connectivity index (χ0v) is 12.0. The lowest BCUT2D eigenvalue weighted by atomic mass is 9.89. The molecule has 0 aliphatic rings.